The minimum absolute atomic E-state index is 0.00568. The first kappa shape index (κ1) is 77.2. The summed E-state index contributed by atoms with van der Waals surface area (Å²) in [4.78, 5) is 25.1. The number of allylic oxidation sites excluding steroid dienone is 3. The molecule has 0 aromatic carbocycles. The van der Waals surface area contributed by atoms with Gasteiger partial charge in [0.25, 0.3) is 0 Å². The summed E-state index contributed by atoms with van der Waals surface area (Å²) >= 11 is 0. The molecule has 0 aromatic heterocycles. The lowest BCUT2D eigenvalue weighted by molar-refractivity contribution is -0.302. The molecule has 1 rings (SSSR count). The van der Waals surface area contributed by atoms with Crippen molar-refractivity contribution < 1.29 is 49.3 Å². The van der Waals surface area contributed by atoms with Gasteiger partial charge in [-0.15, -0.1) is 0 Å². The van der Waals surface area contributed by atoms with Crippen LogP contribution in [0.15, 0.2) is 24.3 Å². The summed E-state index contributed by atoms with van der Waals surface area (Å²) < 4.78 is 16.7. The molecule has 81 heavy (non-hydrogen) atoms. The second-order valence-electron chi connectivity index (χ2n) is 24.6. The van der Waals surface area contributed by atoms with Crippen LogP contribution in [0.2, 0.25) is 0 Å². The number of esters is 1. The first-order valence-corrected chi connectivity index (χ1v) is 35.1. The second-order valence-corrected chi connectivity index (χ2v) is 24.6. The van der Waals surface area contributed by atoms with E-state index in [-0.39, 0.29) is 18.5 Å². The Morgan fingerprint density at radius 1 is 0.444 bits per heavy atom. The lowest BCUT2D eigenvalue weighted by Crippen LogP contribution is -2.60. The molecule has 7 atom stereocenters. The highest BCUT2D eigenvalue weighted by Gasteiger charge is 2.44. The second kappa shape index (κ2) is 59.9. The predicted molar refractivity (Wildman–Crippen MR) is 338 cm³/mol. The molecule has 11 nitrogen and oxygen atoms in total. The third-order valence-electron chi connectivity index (χ3n) is 16.8. The van der Waals surface area contributed by atoms with E-state index in [1.54, 1.807) is 6.08 Å². The Morgan fingerprint density at radius 3 is 1.19 bits per heavy atom. The van der Waals surface area contributed by atoms with Crippen LogP contribution in [0.5, 0.6) is 0 Å². The number of ether oxygens (including phenoxy) is 3. The summed E-state index contributed by atoms with van der Waals surface area (Å²) in [6.45, 7) is 4.34. The monoisotopic (exact) mass is 1150 g/mol. The zero-order valence-electron chi connectivity index (χ0n) is 53.0. The number of unbranched alkanes of at least 4 members (excludes halogenated alkanes) is 46. The minimum atomic E-state index is -1.57. The zero-order valence-corrected chi connectivity index (χ0v) is 53.0. The largest absolute Gasteiger partial charge is 0.466 e. The van der Waals surface area contributed by atoms with E-state index < -0.39 is 49.5 Å². The maximum Gasteiger partial charge on any atom is 0.305 e. The van der Waals surface area contributed by atoms with Crippen LogP contribution in [0.1, 0.15) is 348 Å². The molecule has 1 aliphatic heterocycles. The van der Waals surface area contributed by atoms with E-state index in [1.807, 2.05) is 6.08 Å². The fourth-order valence-corrected chi connectivity index (χ4v) is 11.3. The van der Waals surface area contributed by atoms with Gasteiger partial charge in [-0.05, 0) is 57.8 Å². The standard InChI is InChI=1S/C70H133NO10/c1-3-5-7-9-11-13-14-15-16-28-32-35-38-42-46-50-54-58-66(75)79-59-55-51-47-43-39-36-33-30-27-25-23-21-19-17-18-20-22-24-26-29-31-34-37-41-45-49-53-57-65(74)71-62(63(73)56-52-48-44-40-12-10-8-6-4-2)61-80-70-69(78)68(77)67(76)64(60-72)81-70/h15-16,52,56,62-64,67-70,72-73,76-78H,3-14,17-51,53-55,57-61H2,1-2H3,(H,71,74)/b16-15-,56-52+. The fraction of sp³-hybridized carbons (Fsp3) is 0.914. The fourth-order valence-electron chi connectivity index (χ4n) is 11.3. The van der Waals surface area contributed by atoms with E-state index in [2.05, 4.69) is 31.3 Å². The highest BCUT2D eigenvalue weighted by molar-refractivity contribution is 5.76. The Bertz CT molecular complexity index is 1390. The molecule has 0 aromatic rings. The van der Waals surface area contributed by atoms with Crippen molar-refractivity contribution in [3.05, 3.63) is 24.3 Å². The van der Waals surface area contributed by atoms with Crippen molar-refractivity contribution in [2.75, 3.05) is 19.8 Å². The number of aliphatic hydroxyl groups is 5. The molecule has 0 aliphatic carbocycles. The summed E-state index contributed by atoms with van der Waals surface area (Å²) in [5, 5.41) is 54.3. The van der Waals surface area contributed by atoms with Gasteiger partial charge >= 0.3 is 5.97 Å². The van der Waals surface area contributed by atoms with Crippen molar-refractivity contribution in [2.24, 2.45) is 0 Å². The third kappa shape index (κ3) is 49.0. The number of hydrogen-bond donors (Lipinski definition) is 6. The Hall–Kier alpha value is -1.86. The Labute approximate surface area is 499 Å². The van der Waals surface area contributed by atoms with Crippen LogP contribution in [-0.2, 0) is 23.8 Å². The van der Waals surface area contributed by atoms with Crippen molar-refractivity contribution >= 4 is 11.9 Å². The van der Waals surface area contributed by atoms with Crippen molar-refractivity contribution in [3.63, 3.8) is 0 Å². The van der Waals surface area contributed by atoms with Gasteiger partial charge in [0.1, 0.15) is 24.4 Å². The van der Waals surface area contributed by atoms with Gasteiger partial charge in [-0.2, -0.15) is 0 Å². The number of amides is 1. The highest BCUT2D eigenvalue weighted by atomic mass is 16.7. The molecule has 1 amide bonds. The molecule has 11 heteroatoms. The van der Waals surface area contributed by atoms with Gasteiger partial charge in [0, 0.05) is 12.8 Å². The summed E-state index contributed by atoms with van der Waals surface area (Å²) in [5.41, 5.74) is 0. The predicted octanol–water partition coefficient (Wildman–Crippen LogP) is 17.6. The normalized spacial score (nSPS) is 18.3. The summed E-state index contributed by atoms with van der Waals surface area (Å²) in [5.74, 6) is -0.174. The van der Waals surface area contributed by atoms with E-state index in [0.29, 0.717) is 19.4 Å². The van der Waals surface area contributed by atoms with Crippen molar-refractivity contribution in [1.82, 2.24) is 5.32 Å². The molecule has 7 unspecified atom stereocenters. The molecule has 1 aliphatic rings. The number of hydrogen-bond acceptors (Lipinski definition) is 10. The van der Waals surface area contributed by atoms with Crippen LogP contribution in [0.4, 0.5) is 0 Å². The minimum Gasteiger partial charge on any atom is -0.466 e. The molecule has 6 N–H and O–H groups in total. The number of carbonyl (C=O) groups excluding carboxylic acids is 2. The van der Waals surface area contributed by atoms with Gasteiger partial charge in [-0.25, -0.2) is 0 Å². The van der Waals surface area contributed by atoms with Gasteiger partial charge < -0.3 is 45.1 Å². The van der Waals surface area contributed by atoms with Gasteiger partial charge in [0.2, 0.25) is 5.91 Å². The quantitative estimate of drug-likeness (QED) is 0.0195. The Morgan fingerprint density at radius 2 is 0.790 bits per heavy atom. The van der Waals surface area contributed by atoms with E-state index in [0.717, 1.165) is 57.8 Å². The van der Waals surface area contributed by atoms with Crippen LogP contribution in [0.3, 0.4) is 0 Å². The van der Waals surface area contributed by atoms with E-state index in [4.69, 9.17) is 14.2 Å². The molecule has 1 fully saturated rings. The molecule has 0 spiro atoms. The van der Waals surface area contributed by atoms with Gasteiger partial charge in [-0.1, -0.05) is 301 Å². The number of rotatable bonds is 62. The number of nitrogens with one attached hydrogen (secondary N) is 1. The van der Waals surface area contributed by atoms with E-state index >= 15 is 0 Å². The summed E-state index contributed by atoms with van der Waals surface area (Å²) in [6, 6.07) is -0.806. The van der Waals surface area contributed by atoms with Crippen molar-refractivity contribution in [1.29, 1.82) is 0 Å². The Balaban J connectivity index is 1.90. The first-order chi connectivity index (χ1) is 39.7. The van der Waals surface area contributed by atoms with E-state index in [1.165, 1.54) is 263 Å². The summed E-state index contributed by atoms with van der Waals surface area (Å²) in [6.07, 6.45) is 64.7. The lowest BCUT2D eigenvalue weighted by Gasteiger charge is -2.40. The first-order valence-electron chi connectivity index (χ1n) is 35.1. The van der Waals surface area contributed by atoms with Gasteiger partial charge in [0.05, 0.1) is 32.0 Å². The molecular formula is C70H133NO10. The number of carbonyl (C=O) groups is 2. The summed E-state index contributed by atoms with van der Waals surface area (Å²) in [7, 11) is 0. The zero-order chi connectivity index (χ0) is 58.7. The van der Waals surface area contributed by atoms with Crippen molar-refractivity contribution in [2.45, 2.75) is 391 Å². The van der Waals surface area contributed by atoms with Crippen LogP contribution >= 0.6 is 0 Å². The smallest absolute Gasteiger partial charge is 0.305 e. The van der Waals surface area contributed by atoms with Crippen LogP contribution in [0.25, 0.3) is 0 Å². The highest BCUT2D eigenvalue weighted by Crippen LogP contribution is 2.23. The van der Waals surface area contributed by atoms with Crippen LogP contribution in [-0.4, -0.2) is 100 Å². The van der Waals surface area contributed by atoms with Gasteiger partial charge in [0.15, 0.2) is 6.29 Å². The topological polar surface area (TPSA) is 175 Å². The van der Waals surface area contributed by atoms with Crippen molar-refractivity contribution in [3.8, 4) is 0 Å². The maximum atomic E-state index is 13.0. The SMILES string of the molecule is CCCCCCCC/C=C\CCCCCCCCCC(=O)OCCCCCCCCCCCCCCCCCCCCCCCCCCCCCC(=O)NC(COC1OC(CO)C(O)C(O)C1O)C(O)/C=C/CCCCCCCCC. The maximum absolute atomic E-state index is 13.0. The molecule has 0 saturated carbocycles. The molecule has 1 saturated heterocycles. The van der Waals surface area contributed by atoms with Gasteiger partial charge in [-0.3, -0.25) is 9.59 Å². The average molecular weight is 1150 g/mol. The number of aliphatic hydroxyl groups excluding tert-OH is 5. The Kier molecular flexibility index (Phi) is 57.0. The third-order valence-corrected chi connectivity index (χ3v) is 16.8. The molecule has 1 heterocycles. The molecule has 478 valence electrons. The molecular weight excluding hydrogens is 1010 g/mol. The molecule has 0 radical (unpaired) electrons. The van der Waals surface area contributed by atoms with Crippen LogP contribution in [0, 0.1) is 0 Å². The van der Waals surface area contributed by atoms with E-state index in [9.17, 15) is 35.1 Å². The molecule has 0 bridgehead atoms. The lowest BCUT2D eigenvalue weighted by atomic mass is 9.99. The average Bonchev–Trinajstić information content (AvgIpc) is 3.47. The van der Waals surface area contributed by atoms with Crippen LogP contribution < -0.4 is 5.32 Å².